The Morgan fingerprint density at radius 3 is 2.59 bits per heavy atom. The zero-order valence-electron chi connectivity index (χ0n) is 15.6. The van der Waals surface area contributed by atoms with Gasteiger partial charge < -0.3 is 10.0 Å². The number of carboxylic acids is 1. The second-order valence-corrected chi connectivity index (χ2v) is 8.75. The van der Waals surface area contributed by atoms with Crippen LogP contribution in [0.5, 0.6) is 0 Å². The molecule has 0 fully saturated rings. The highest BCUT2D eigenvalue weighted by molar-refractivity contribution is 7.15. The minimum atomic E-state index is -0.940. The van der Waals surface area contributed by atoms with Crippen molar-refractivity contribution in [2.75, 3.05) is 25.5 Å². The summed E-state index contributed by atoms with van der Waals surface area (Å²) in [6, 6.07) is 7.86. The van der Waals surface area contributed by atoms with E-state index >= 15 is 0 Å². The molecule has 6 nitrogen and oxygen atoms in total. The number of hydrogen-bond donors (Lipinski definition) is 1. The van der Waals surface area contributed by atoms with Crippen molar-refractivity contribution in [3.63, 3.8) is 0 Å². The van der Waals surface area contributed by atoms with Gasteiger partial charge in [0.2, 0.25) is 5.91 Å². The van der Waals surface area contributed by atoms with Crippen LogP contribution in [-0.2, 0) is 35.4 Å². The predicted molar refractivity (Wildman–Crippen MR) is 104 cm³/mol. The predicted octanol–water partition coefficient (Wildman–Crippen LogP) is 2.35. The Kier molecular flexibility index (Phi) is 4.52. The molecule has 0 saturated heterocycles. The maximum Gasteiger partial charge on any atom is 0.304 e. The van der Waals surface area contributed by atoms with Gasteiger partial charge in [-0.05, 0) is 31.0 Å². The molecular formula is C20H23N3O3S. The van der Waals surface area contributed by atoms with Crippen molar-refractivity contribution in [3.05, 3.63) is 46.0 Å². The Balaban J connectivity index is 1.64. The van der Waals surface area contributed by atoms with Crippen LogP contribution >= 0.6 is 11.3 Å². The number of amides is 1. The lowest BCUT2D eigenvalue weighted by Gasteiger charge is -2.30. The number of carbonyl (C=O) groups excluding carboxylic acids is 1. The van der Waals surface area contributed by atoms with Gasteiger partial charge in [-0.25, -0.2) is 4.98 Å². The van der Waals surface area contributed by atoms with Gasteiger partial charge >= 0.3 is 5.97 Å². The lowest BCUT2D eigenvalue weighted by molar-refractivity contribution is -0.144. The molecule has 1 N–H and O–H groups in total. The number of thiazole rings is 1. The SMILES string of the molecule is CN1CCc2nc(N(C)C(=O)C3(CC(=O)O)Cc4ccccc4C3)sc2C1. The molecular weight excluding hydrogens is 362 g/mol. The third-order valence-corrected chi connectivity index (χ3v) is 6.78. The van der Waals surface area contributed by atoms with E-state index in [-0.39, 0.29) is 12.3 Å². The first kappa shape index (κ1) is 18.1. The van der Waals surface area contributed by atoms with E-state index in [1.807, 2.05) is 24.3 Å². The maximum atomic E-state index is 13.5. The molecule has 1 amide bonds. The van der Waals surface area contributed by atoms with Crippen molar-refractivity contribution >= 4 is 28.3 Å². The van der Waals surface area contributed by atoms with Crippen LogP contribution in [0.4, 0.5) is 5.13 Å². The Morgan fingerprint density at radius 1 is 1.30 bits per heavy atom. The molecule has 4 rings (SSSR count). The van der Waals surface area contributed by atoms with E-state index < -0.39 is 11.4 Å². The number of rotatable bonds is 4. The lowest BCUT2D eigenvalue weighted by atomic mass is 9.80. The van der Waals surface area contributed by atoms with Crippen molar-refractivity contribution in [2.45, 2.75) is 32.2 Å². The van der Waals surface area contributed by atoms with Crippen LogP contribution in [0, 0.1) is 5.41 Å². The molecule has 1 aromatic carbocycles. The Morgan fingerprint density at radius 2 is 1.96 bits per heavy atom. The molecule has 0 spiro atoms. The third-order valence-electron chi connectivity index (χ3n) is 5.62. The molecule has 2 aliphatic rings. The lowest BCUT2D eigenvalue weighted by Crippen LogP contribution is -2.44. The van der Waals surface area contributed by atoms with E-state index in [2.05, 4.69) is 16.9 Å². The molecule has 1 aliphatic heterocycles. The highest BCUT2D eigenvalue weighted by Gasteiger charge is 2.47. The number of likely N-dealkylation sites (N-methyl/N-ethyl adjacent to an activating group) is 1. The number of aliphatic carboxylic acids is 1. The van der Waals surface area contributed by atoms with Crippen molar-refractivity contribution in [2.24, 2.45) is 5.41 Å². The van der Waals surface area contributed by atoms with Crippen molar-refractivity contribution < 1.29 is 14.7 Å². The first-order chi connectivity index (χ1) is 12.9. The van der Waals surface area contributed by atoms with E-state index in [0.29, 0.717) is 18.0 Å². The van der Waals surface area contributed by atoms with Crippen LogP contribution in [0.1, 0.15) is 28.1 Å². The number of fused-ring (bicyclic) bond motifs is 2. The minimum Gasteiger partial charge on any atom is -0.481 e. The minimum absolute atomic E-state index is 0.152. The Hall–Kier alpha value is -2.25. The standard InChI is InChI=1S/C20H23N3O3S/c1-22-8-7-15-16(12-22)27-19(21-15)23(2)18(26)20(11-17(24)25)9-13-5-3-4-6-14(13)10-20/h3-6H,7-12H2,1-2H3,(H,24,25). The number of carbonyl (C=O) groups is 2. The van der Waals surface area contributed by atoms with E-state index in [1.54, 1.807) is 23.3 Å². The van der Waals surface area contributed by atoms with Gasteiger partial charge in [0.15, 0.2) is 5.13 Å². The monoisotopic (exact) mass is 385 g/mol. The molecule has 2 aromatic rings. The molecule has 2 heterocycles. The van der Waals surface area contributed by atoms with E-state index in [4.69, 9.17) is 0 Å². The second-order valence-electron chi connectivity index (χ2n) is 7.69. The summed E-state index contributed by atoms with van der Waals surface area (Å²) in [5.41, 5.74) is 2.27. The molecule has 142 valence electrons. The zero-order valence-corrected chi connectivity index (χ0v) is 16.4. The zero-order chi connectivity index (χ0) is 19.2. The van der Waals surface area contributed by atoms with Gasteiger partial charge in [-0.2, -0.15) is 0 Å². The fourth-order valence-electron chi connectivity index (χ4n) is 4.23. The maximum absolute atomic E-state index is 13.5. The van der Waals surface area contributed by atoms with Crippen LogP contribution in [0.3, 0.4) is 0 Å². The molecule has 0 atom stereocenters. The second kappa shape index (κ2) is 6.73. The topological polar surface area (TPSA) is 73.7 Å². The number of carboxylic acid groups (broad SMARTS) is 1. The average Bonchev–Trinajstić information content (AvgIpc) is 3.20. The summed E-state index contributed by atoms with van der Waals surface area (Å²) in [5.74, 6) is -1.09. The molecule has 7 heteroatoms. The largest absolute Gasteiger partial charge is 0.481 e. The van der Waals surface area contributed by atoms with E-state index in [1.165, 1.54) is 4.88 Å². The average molecular weight is 385 g/mol. The molecule has 0 unspecified atom stereocenters. The van der Waals surface area contributed by atoms with Crippen LogP contribution in [0.25, 0.3) is 0 Å². The fraction of sp³-hybridized carbons (Fsp3) is 0.450. The summed E-state index contributed by atoms with van der Waals surface area (Å²) in [5, 5.41) is 10.2. The molecule has 0 radical (unpaired) electrons. The van der Waals surface area contributed by atoms with E-state index in [0.717, 1.165) is 36.3 Å². The van der Waals surface area contributed by atoms with Gasteiger partial charge in [0.25, 0.3) is 0 Å². The number of nitrogens with zero attached hydrogens (tertiary/aromatic N) is 3. The molecule has 1 aromatic heterocycles. The van der Waals surface area contributed by atoms with Crippen LogP contribution in [0.2, 0.25) is 0 Å². The fourth-order valence-corrected chi connectivity index (χ4v) is 5.38. The summed E-state index contributed by atoms with van der Waals surface area (Å²) in [4.78, 5) is 34.8. The highest BCUT2D eigenvalue weighted by Crippen LogP contribution is 2.42. The normalized spacial score (nSPS) is 18.0. The van der Waals surface area contributed by atoms with Crippen LogP contribution in [0.15, 0.2) is 24.3 Å². The molecule has 0 saturated carbocycles. The number of benzene rings is 1. The quantitative estimate of drug-likeness (QED) is 0.875. The number of hydrogen-bond acceptors (Lipinski definition) is 5. The highest BCUT2D eigenvalue weighted by atomic mass is 32.1. The van der Waals surface area contributed by atoms with Gasteiger partial charge in [0.05, 0.1) is 17.5 Å². The van der Waals surface area contributed by atoms with Gasteiger partial charge in [0.1, 0.15) is 0 Å². The van der Waals surface area contributed by atoms with Gasteiger partial charge in [-0.3, -0.25) is 14.5 Å². The number of anilines is 1. The third kappa shape index (κ3) is 3.26. The van der Waals surface area contributed by atoms with Crippen LogP contribution < -0.4 is 4.90 Å². The Labute approximate surface area is 162 Å². The van der Waals surface area contributed by atoms with Gasteiger partial charge in [-0.1, -0.05) is 35.6 Å². The van der Waals surface area contributed by atoms with Crippen molar-refractivity contribution in [3.8, 4) is 0 Å². The number of aromatic nitrogens is 1. The summed E-state index contributed by atoms with van der Waals surface area (Å²) < 4.78 is 0. The molecule has 27 heavy (non-hydrogen) atoms. The summed E-state index contributed by atoms with van der Waals surface area (Å²) in [6.07, 6.45) is 1.65. The summed E-state index contributed by atoms with van der Waals surface area (Å²) in [6.45, 7) is 1.81. The first-order valence-electron chi connectivity index (χ1n) is 9.12. The van der Waals surface area contributed by atoms with Crippen LogP contribution in [-0.4, -0.2) is 47.5 Å². The smallest absolute Gasteiger partial charge is 0.304 e. The first-order valence-corrected chi connectivity index (χ1v) is 9.93. The van der Waals surface area contributed by atoms with Gasteiger partial charge in [0, 0.05) is 31.4 Å². The van der Waals surface area contributed by atoms with Gasteiger partial charge in [-0.15, -0.1) is 0 Å². The van der Waals surface area contributed by atoms with E-state index in [9.17, 15) is 14.7 Å². The van der Waals surface area contributed by atoms with Crippen molar-refractivity contribution in [1.82, 2.24) is 9.88 Å². The summed E-state index contributed by atoms with van der Waals surface area (Å²) in [7, 11) is 3.80. The van der Waals surface area contributed by atoms with Crippen molar-refractivity contribution in [1.29, 1.82) is 0 Å². The summed E-state index contributed by atoms with van der Waals surface area (Å²) >= 11 is 1.54. The molecule has 1 aliphatic carbocycles. The molecule has 0 bridgehead atoms. The Bertz CT molecular complexity index is 883.